The molecule has 2 fully saturated rings. The van der Waals surface area contributed by atoms with Crippen LogP contribution in [0.15, 0.2) is 63.8 Å². The van der Waals surface area contributed by atoms with E-state index in [9.17, 15) is 55.5 Å². The monoisotopic (exact) mass is 800 g/mol. The smallest absolute Gasteiger partial charge is 0.331 e. The van der Waals surface area contributed by atoms with E-state index >= 15 is 0 Å². The maximum atomic E-state index is 12.5. The van der Waals surface area contributed by atoms with Gasteiger partial charge in [0.1, 0.15) is 48.1 Å². The number of hydrogen-bond donors (Lipinski definition) is 9. The highest BCUT2D eigenvalue weighted by molar-refractivity contribution is 5.87. The van der Waals surface area contributed by atoms with Gasteiger partial charge in [-0.1, -0.05) is 6.07 Å². The van der Waals surface area contributed by atoms with Crippen LogP contribution in [-0.2, 0) is 23.7 Å². The number of phenols is 4. The zero-order chi connectivity index (χ0) is 41.3. The molecule has 0 saturated carbocycles. The number of esters is 1. The number of ether oxygens (including phenoxy) is 7. The van der Waals surface area contributed by atoms with E-state index in [0.29, 0.717) is 5.56 Å². The third-order valence-electron chi connectivity index (χ3n) is 9.32. The molecule has 6 rings (SSSR count). The largest absolute Gasteiger partial charge is 0.507 e. The second-order valence-electron chi connectivity index (χ2n) is 13.2. The summed E-state index contributed by atoms with van der Waals surface area (Å²) in [6.07, 6.45) is -14.1. The van der Waals surface area contributed by atoms with Crippen molar-refractivity contribution < 1.29 is 88.3 Å². The van der Waals surface area contributed by atoms with Crippen molar-refractivity contribution in [3.63, 3.8) is 0 Å². The fourth-order valence-corrected chi connectivity index (χ4v) is 6.24. The number of aromatic hydroxyl groups is 4. The highest BCUT2D eigenvalue weighted by Gasteiger charge is 2.48. The molecule has 0 aromatic heterocycles. The first-order valence-corrected chi connectivity index (χ1v) is 17.3. The molecule has 19 nitrogen and oxygen atoms in total. The van der Waals surface area contributed by atoms with Crippen LogP contribution in [0, 0.1) is 0 Å². The van der Waals surface area contributed by atoms with Gasteiger partial charge in [-0.3, -0.25) is 4.79 Å². The molecule has 1 aliphatic carbocycles. The molecule has 0 radical (unpaired) electrons. The standard InChI is InChI=1S/C38H40O19/c1-15-35(57-28(43)7-5-16-4-6-20(40)22(42)8-16)32(47)34(49)37(53-15)52-14-27-30(45)31(46)33(48)38(56-27)55-26-13-19-21(41)11-18(39)12-23(19)54-36(26)17-9-24(50-2)29(44)25(10-17)51-3/h4-13,15,27,30-35,37-38,40-42,44-49H,14H2,1-3H3/t15-,27+,30-,31+,32-,33+,34-,35-,37+,38+/m0/s1. The summed E-state index contributed by atoms with van der Waals surface area (Å²) in [4.78, 5) is 24.7. The van der Waals surface area contributed by atoms with Crippen LogP contribution in [0.4, 0.5) is 0 Å². The van der Waals surface area contributed by atoms with Crippen molar-refractivity contribution in [2.45, 2.75) is 68.3 Å². The molecule has 10 atom stereocenters. The van der Waals surface area contributed by atoms with Crippen molar-refractivity contribution in [1.29, 1.82) is 0 Å². The summed E-state index contributed by atoms with van der Waals surface area (Å²) in [7, 11) is 2.58. The highest BCUT2D eigenvalue weighted by atomic mass is 16.7. The molecule has 2 aromatic rings. The van der Waals surface area contributed by atoms with Crippen LogP contribution >= 0.6 is 0 Å². The normalized spacial score (nSPS) is 27.6. The maximum absolute atomic E-state index is 12.5. The molecular weight excluding hydrogens is 760 g/mol. The summed E-state index contributed by atoms with van der Waals surface area (Å²) in [5.41, 5.74) is -0.0621. The molecule has 0 spiro atoms. The topological polar surface area (TPSA) is 294 Å². The third-order valence-corrected chi connectivity index (χ3v) is 9.32. The molecule has 3 aliphatic heterocycles. The molecule has 9 N–H and O–H groups in total. The summed E-state index contributed by atoms with van der Waals surface area (Å²) in [6.45, 7) is 0.815. The van der Waals surface area contributed by atoms with Crippen LogP contribution in [0.25, 0.3) is 28.7 Å². The molecule has 19 heteroatoms. The molecule has 57 heavy (non-hydrogen) atoms. The Balaban J connectivity index is 1.18. The fourth-order valence-electron chi connectivity index (χ4n) is 6.24. The van der Waals surface area contributed by atoms with Gasteiger partial charge in [0.05, 0.1) is 32.5 Å². The van der Waals surface area contributed by atoms with E-state index in [-0.39, 0.29) is 51.4 Å². The predicted octanol–water partition coefficient (Wildman–Crippen LogP) is 0.546. The minimum absolute atomic E-state index is 0.00516. The summed E-state index contributed by atoms with van der Waals surface area (Å²) < 4.78 is 44.9. The van der Waals surface area contributed by atoms with E-state index in [1.165, 1.54) is 63.6 Å². The molecule has 3 heterocycles. The first-order chi connectivity index (χ1) is 27.1. The lowest BCUT2D eigenvalue weighted by Gasteiger charge is -2.43. The van der Waals surface area contributed by atoms with Gasteiger partial charge >= 0.3 is 5.97 Å². The van der Waals surface area contributed by atoms with Crippen LogP contribution in [0.2, 0.25) is 0 Å². The summed E-state index contributed by atoms with van der Waals surface area (Å²) in [5, 5.41) is 94.4. The van der Waals surface area contributed by atoms with Gasteiger partial charge in [0.25, 0.3) is 0 Å². The maximum Gasteiger partial charge on any atom is 0.331 e. The zero-order valence-corrected chi connectivity index (χ0v) is 30.4. The number of benzene rings is 3. The van der Waals surface area contributed by atoms with Crippen LogP contribution in [0.3, 0.4) is 0 Å². The van der Waals surface area contributed by atoms with E-state index in [0.717, 1.165) is 18.2 Å². The van der Waals surface area contributed by atoms with Crippen LogP contribution in [0.1, 0.15) is 12.5 Å². The lowest BCUT2D eigenvalue weighted by atomic mass is 9.98. The minimum Gasteiger partial charge on any atom is -0.507 e. The first-order valence-electron chi connectivity index (χ1n) is 17.3. The lowest BCUT2D eigenvalue weighted by Crippen LogP contribution is -2.62. The number of carbonyl (C=O) groups excluding carboxylic acids is 1. The Morgan fingerprint density at radius 3 is 2.11 bits per heavy atom. The van der Waals surface area contributed by atoms with Crippen molar-refractivity contribution in [2.75, 3.05) is 20.8 Å². The number of fused-ring (bicyclic) bond motifs is 1. The molecule has 2 saturated heterocycles. The van der Waals surface area contributed by atoms with E-state index in [4.69, 9.17) is 37.6 Å². The SMILES string of the molecule is COc1cc(-c2oc3cc(=O)cc(O)c-3cc2O[C@@H]2O[C@H](CO[C@@H]3O[C@@H](C)[C@H](OC(=O)C=Cc4ccc(O)c(O)c4)[C@@H](O)[C@@H]3O)[C@H](O)[C@@H](O)[C@H]2O)cc(OC)c1O. The van der Waals surface area contributed by atoms with E-state index in [1.807, 2.05) is 0 Å². The van der Waals surface area contributed by atoms with Gasteiger partial charge < -0.3 is 83.5 Å². The lowest BCUT2D eigenvalue weighted by molar-refractivity contribution is -0.319. The second-order valence-corrected chi connectivity index (χ2v) is 13.2. The summed E-state index contributed by atoms with van der Waals surface area (Å²) in [5.74, 6) is -3.04. The summed E-state index contributed by atoms with van der Waals surface area (Å²) >= 11 is 0. The molecule has 306 valence electrons. The Kier molecular flexibility index (Phi) is 12.1. The van der Waals surface area contributed by atoms with Gasteiger partial charge in [0.2, 0.25) is 12.0 Å². The van der Waals surface area contributed by atoms with E-state index < -0.39 is 90.9 Å². The number of aliphatic hydroxyl groups is 5. The van der Waals surface area contributed by atoms with Gasteiger partial charge in [-0.2, -0.15) is 0 Å². The Hall–Kier alpha value is -5.64. The Bertz CT molecular complexity index is 2110. The van der Waals surface area contributed by atoms with E-state index in [2.05, 4.69) is 0 Å². The van der Waals surface area contributed by atoms with Crippen molar-refractivity contribution in [2.24, 2.45) is 0 Å². The number of hydrogen-bond acceptors (Lipinski definition) is 19. The predicted molar refractivity (Wildman–Crippen MR) is 192 cm³/mol. The fraction of sp³-hybridized carbons (Fsp3) is 0.368. The molecule has 4 aliphatic rings. The third kappa shape index (κ3) is 8.55. The summed E-state index contributed by atoms with van der Waals surface area (Å²) in [6, 6.07) is 9.84. The molecule has 0 amide bonds. The molecular formula is C38H40O19. The Morgan fingerprint density at radius 2 is 1.44 bits per heavy atom. The second kappa shape index (κ2) is 16.8. The number of phenolic OH excluding ortho intramolecular Hbond substituents is 4. The van der Waals surface area contributed by atoms with Crippen molar-refractivity contribution >= 4 is 12.0 Å². The quantitative estimate of drug-likeness (QED) is 0.0568. The van der Waals surface area contributed by atoms with Crippen LogP contribution < -0.4 is 19.6 Å². The Morgan fingerprint density at radius 1 is 0.754 bits per heavy atom. The molecule has 2 aromatic carbocycles. The van der Waals surface area contributed by atoms with Gasteiger partial charge in [-0.05, 0) is 48.9 Å². The molecule has 0 unspecified atom stereocenters. The first kappa shape index (κ1) is 41.0. The number of aliphatic hydroxyl groups excluding tert-OH is 5. The van der Waals surface area contributed by atoms with E-state index in [1.54, 1.807) is 0 Å². The van der Waals surface area contributed by atoms with Gasteiger partial charge in [0.15, 0.2) is 52.3 Å². The van der Waals surface area contributed by atoms with Crippen LogP contribution in [-0.4, -0.2) is 134 Å². The average Bonchev–Trinajstić information content (AvgIpc) is 3.18. The average molecular weight is 801 g/mol. The van der Waals surface area contributed by atoms with Crippen molar-refractivity contribution in [3.05, 3.63) is 70.4 Å². The van der Waals surface area contributed by atoms with Crippen molar-refractivity contribution in [1.82, 2.24) is 0 Å². The number of rotatable bonds is 11. The van der Waals surface area contributed by atoms with Gasteiger partial charge in [0, 0.05) is 23.8 Å². The highest BCUT2D eigenvalue weighted by Crippen LogP contribution is 2.46. The zero-order valence-electron chi connectivity index (χ0n) is 30.4. The Labute approximate surface area is 322 Å². The molecule has 0 bridgehead atoms. The van der Waals surface area contributed by atoms with Crippen LogP contribution in [0.5, 0.6) is 40.2 Å². The minimum atomic E-state index is -1.90. The van der Waals surface area contributed by atoms with Gasteiger partial charge in [-0.25, -0.2) is 4.79 Å². The van der Waals surface area contributed by atoms with Gasteiger partial charge in [-0.15, -0.1) is 0 Å². The van der Waals surface area contributed by atoms with Crippen molar-refractivity contribution in [3.8, 4) is 62.9 Å². The number of carbonyl (C=O) groups is 1. The number of methoxy groups -OCH3 is 2.